The minimum absolute atomic E-state index is 0.135. The average Bonchev–Trinajstić information content (AvgIpc) is 3.33. The molecule has 1 N–H and O–H groups in total. The van der Waals surface area contributed by atoms with Gasteiger partial charge in [0.15, 0.2) is 11.5 Å². The van der Waals surface area contributed by atoms with Gasteiger partial charge in [0.2, 0.25) is 11.8 Å². The summed E-state index contributed by atoms with van der Waals surface area (Å²) >= 11 is 6.06. The number of nitrogens with zero attached hydrogens (tertiary/aromatic N) is 5. The summed E-state index contributed by atoms with van der Waals surface area (Å²) in [6, 6.07) is 0. The highest BCUT2D eigenvalue weighted by Crippen LogP contribution is 2.38. The standard InChI is InChI=1S/C15H19ClN6O2/c1-3-22(4-2)15-18-7-10(16)12(20-15)14(23)17-8-11-19-13(21-24-11)9-5-6-9/h7,9H,3-6,8H2,1-2H3,(H,17,23). The lowest BCUT2D eigenvalue weighted by Crippen LogP contribution is -2.28. The molecule has 1 aliphatic rings. The first-order valence-electron chi connectivity index (χ1n) is 8.00. The second-order valence-electron chi connectivity index (χ2n) is 5.54. The minimum atomic E-state index is -0.401. The molecule has 0 bridgehead atoms. The molecule has 1 fully saturated rings. The van der Waals surface area contributed by atoms with Crippen LogP contribution in [0, 0.1) is 0 Å². The monoisotopic (exact) mass is 350 g/mol. The predicted octanol–water partition coefficient (Wildman–Crippen LogP) is 2.17. The Bertz CT molecular complexity index is 727. The molecule has 2 aromatic heterocycles. The molecule has 0 unspecified atom stereocenters. The van der Waals surface area contributed by atoms with Gasteiger partial charge in [-0.15, -0.1) is 0 Å². The largest absolute Gasteiger partial charge is 0.342 e. The van der Waals surface area contributed by atoms with Gasteiger partial charge >= 0.3 is 0 Å². The van der Waals surface area contributed by atoms with Crippen molar-refractivity contribution in [3.63, 3.8) is 0 Å². The summed E-state index contributed by atoms with van der Waals surface area (Å²) in [6.45, 7) is 5.61. The van der Waals surface area contributed by atoms with E-state index in [-0.39, 0.29) is 17.3 Å². The highest BCUT2D eigenvalue weighted by molar-refractivity contribution is 6.33. The van der Waals surface area contributed by atoms with E-state index in [1.165, 1.54) is 6.20 Å². The zero-order valence-electron chi connectivity index (χ0n) is 13.6. The van der Waals surface area contributed by atoms with E-state index in [1.807, 2.05) is 18.7 Å². The molecule has 0 radical (unpaired) electrons. The predicted molar refractivity (Wildman–Crippen MR) is 88.0 cm³/mol. The van der Waals surface area contributed by atoms with E-state index < -0.39 is 5.91 Å². The molecule has 2 aromatic rings. The van der Waals surface area contributed by atoms with Crippen LogP contribution in [-0.4, -0.2) is 39.1 Å². The molecule has 8 nitrogen and oxygen atoms in total. The van der Waals surface area contributed by atoms with Crippen LogP contribution in [0.3, 0.4) is 0 Å². The minimum Gasteiger partial charge on any atom is -0.342 e. The molecule has 0 atom stereocenters. The lowest BCUT2D eigenvalue weighted by Gasteiger charge is -2.18. The number of rotatable bonds is 7. The molecule has 2 heterocycles. The maximum Gasteiger partial charge on any atom is 0.272 e. The molecule has 9 heteroatoms. The summed E-state index contributed by atoms with van der Waals surface area (Å²) in [5, 5.41) is 6.81. The van der Waals surface area contributed by atoms with Crippen molar-refractivity contribution in [3.8, 4) is 0 Å². The number of aromatic nitrogens is 4. The zero-order valence-corrected chi connectivity index (χ0v) is 14.4. The molecule has 1 aliphatic carbocycles. The Labute approximate surface area is 144 Å². The number of halogens is 1. The summed E-state index contributed by atoms with van der Waals surface area (Å²) in [6.07, 6.45) is 3.63. The van der Waals surface area contributed by atoms with Gasteiger partial charge in [0.1, 0.15) is 0 Å². The molecular weight excluding hydrogens is 332 g/mol. The van der Waals surface area contributed by atoms with E-state index in [4.69, 9.17) is 16.1 Å². The van der Waals surface area contributed by atoms with Crippen molar-refractivity contribution in [2.75, 3.05) is 18.0 Å². The lowest BCUT2D eigenvalue weighted by atomic mass is 10.3. The van der Waals surface area contributed by atoms with Crippen molar-refractivity contribution >= 4 is 23.5 Å². The summed E-state index contributed by atoms with van der Waals surface area (Å²) in [7, 11) is 0. The first-order chi connectivity index (χ1) is 11.6. The van der Waals surface area contributed by atoms with Crippen molar-refractivity contribution in [2.45, 2.75) is 39.2 Å². The third-order valence-electron chi connectivity index (χ3n) is 3.82. The van der Waals surface area contributed by atoms with Crippen LogP contribution in [-0.2, 0) is 6.54 Å². The fraction of sp³-hybridized carbons (Fsp3) is 0.533. The van der Waals surface area contributed by atoms with Crippen molar-refractivity contribution in [2.24, 2.45) is 0 Å². The number of amides is 1. The lowest BCUT2D eigenvalue weighted by molar-refractivity contribution is 0.0941. The fourth-order valence-corrected chi connectivity index (χ4v) is 2.44. The van der Waals surface area contributed by atoms with Gasteiger partial charge in [-0.25, -0.2) is 9.97 Å². The second-order valence-corrected chi connectivity index (χ2v) is 5.95. The quantitative estimate of drug-likeness (QED) is 0.817. The first kappa shape index (κ1) is 16.6. The van der Waals surface area contributed by atoms with Gasteiger partial charge in [0, 0.05) is 19.0 Å². The van der Waals surface area contributed by atoms with Gasteiger partial charge in [0.05, 0.1) is 17.8 Å². The Morgan fingerprint density at radius 2 is 2.12 bits per heavy atom. The van der Waals surface area contributed by atoms with E-state index in [0.29, 0.717) is 23.6 Å². The molecule has 1 amide bonds. The number of hydrogen-bond donors (Lipinski definition) is 1. The second kappa shape index (κ2) is 7.12. The van der Waals surface area contributed by atoms with Crippen molar-refractivity contribution in [3.05, 3.63) is 28.6 Å². The molecular formula is C15H19ClN6O2. The normalized spacial score (nSPS) is 13.8. The first-order valence-corrected chi connectivity index (χ1v) is 8.38. The molecule has 3 rings (SSSR count). The van der Waals surface area contributed by atoms with Gasteiger partial charge < -0.3 is 14.7 Å². The maximum absolute atomic E-state index is 12.3. The molecule has 128 valence electrons. The maximum atomic E-state index is 12.3. The Morgan fingerprint density at radius 3 is 2.79 bits per heavy atom. The van der Waals surface area contributed by atoms with E-state index in [2.05, 4.69) is 25.4 Å². The van der Waals surface area contributed by atoms with Gasteiger partial charge in [-0.2, -0.15) is 4.98 Å². The van der Waals surface area contributed by atoms with Crippen LogP contribution in [0.2, 0.25) is 5.02 Å². The Morgan fingerprint density at radius 1 is 1.38 bits per heavy atom. The number of carbonyl (C=O) groups excluding carboxylic acids is 1. The highest BCUT2D eigenvalue weighted by Gasteiger charge is 2.28. The van der Waals surface area contributed by atoms with Crippen molar-refractivity contribution < 1.29 is 9.32 Å². The smallest absolute Gasteiger partial charge is 0.272 e. The Balaban J connectivity index is 1.67. The topological polar surface area (TPSA) is 97.0 Å². The zero-order chi connectivity index (χ0) is 17.1. The van der Waals surface area contributed by atoms with Gasteiger partial charge in [-0.1, -0.05) is 16.8 Å². The van der Waals surface area contributed by atoms with E-state index in [9.17, 15) is 4.79 Å². The number of anilines is 1. The summed E-state index contributed by atoms with van der Waals surface area (Å²) in [5.74, 6) is 1.57. The summed E-state index contributed by atoms with van der Waals surface area (Å²) < 4.78 is 5.13. The van der Waals surface area contributed by atoms with Crippen LogP contribution in [0.5, 0.6) is 0 Å². The van der Waals surface area contributed by atoms with Crippen LogP contribution in [0.4, 0.5) is 5.95 Å². The van der Waals surface area contributed by atoms with Crippen LogP contribution in [0.25, 0.3) is 0 Å². The van der Waals surface area contributed by atoms with Crippen molar-refractivity contribution in [1.29, 1.82) is 0 Å². The molecule has 0 aromatic carbocycles. The van der Waals surface area contributed by atoms with E-state index in [0.717, 1.165) is 25.9 Å². The molecule has 0 spiro atoms. The Kier molecular flexibility index (Phi) is 4.94. The number of nitrogens with one attached hydrogen (secondary N) is 1. The van der Waals surface area contributed by atoms with Crippen LogP contribution in [0.15, 0.2) is 10.7 Å². The Hall–Kier alpha value is -2.22. The van der Waals surface area contributed by atoms with Gasteiger partial charge in [0.25, 0.3) is 5.91 Å². The highest BCUT2D eigenvalue weighted by atomic mass is 35.5. The van der Waals surface area contributed by atoms with E-state index >= 15 is 0 Å². The molecule has 24 heavy (non-hydrogen) atoms. The average molecular weight is 351 g/mol. The third-order valence-corrected chi connectivity index (χ3v) is 4.10. The summed E-state index contributed by atoms with van der Waals surface area (Å²) in [5.41, 5.74) is 0.135. The molecule has 0 aliphatic heterocycles. The summed E-state index contributed by atoms with van der Waals surface area (Å²) in [4.78, 5) is 27.0. The van der Waals surface area contributed by atoms with Crippen LogP contribution < -0.4 is 10.2 Å². The van der Waals surface area contributed by atoms with Crippen LogP contribution in [0.1, 0.15) is 54.8 Å². The SMILES string of the molecule is CCN(CC)c1ncc(Cl)c(C(=O)NCc2nc(C3CC3)no2)n1. The van der Waals surface area contributed by atoms with E-state index in [1.54, 1.807) is 0 Å². The number of hydrogen-bond acceptors (Lipinski definition) is 7. The van der Waals surface area contributed by atoms with Gasteiger partial charge in [-0.05, 0) is 26.7 Å². The van der Waals surface area contributed by atoms with Gasteiger partial charge in [-0.3, -0.25) is 4.79 Å². The fourth-order valence-electron chi connectivity index (χ4n) is 2.26. The van der Waals surface area contributed by atoms with Crippen molar-refractivity contribution in [1.82, 2.24) is 25.4 Å². The molecule has 0 saturated heterocycles. The number of carbonyl (C=O) groups is 1. The molecule has 1 saturated carbocycles. The third kappa shape index (κ3) is 3.64. The van der Waals surface area contributed by atoms with Crippen LogP contribution >= 0.6 is 11.6 Å².